The summed E-state index contributed by atoms with van der Waals surface area (Å²) in [5, 5.41) is 7.41. The van der Waals surface area contributed by atoms with E-state index in [9.17, 15) is 9.18 Å². The number of aromatic nitrogens is 2. The first-order valence-corrected chi connectivity index (χ1v) is 9.18. The summed E-state index contributed by atoms with van der Waals surface area (Å²) >= 11 is 7.28. The molecule has 1 aliphatic carbocycles. The Morgan fingerprint density at radius 2 is 2.36 bits per heavy atom. The topological polar surface area (TPSA) is 85.3 Å². The number of carbonyl (C=O) groups excluding carboxylic acids is 1. The van der Waals surface area contributed by atoms with Gasteiger partial charge in [0.15, 0.2) is 10.3 Å². The van der Waals surface area contributed by atoms with Gasteiger partial charge in [0.2, 0.25) is 0 Å². The van der Waals surface area contributed by atoms with Gasteiger partial charge < -0.3 is 11.1 Å². The number of halogens is 2. The molecule has 1 aromatic rings. The van der Waals surface area contributed by atoms with E-state index in [0.717, 1.165) is 5.75 Å². The van der Waals surface area contributed by atoms with Crippen molar-refractivity contribution >= 4 is 34.4 Å². The number of hydrogen-bond acceptors (Lipinski definition) is 5. The molecule has 1 aliphatic heterocycles. The summed E-state index contributed by atoms with van der Waals surface area (Å²) in [6, 6.07) is 1.48. The molecular formula is C16H19ClFN5OS. The Morgan fingerprint density at radius 3 is 3.00 bits per heavy atom. The minimum Gasteiger partial charge on any atom is -0.379 e. The molecule has 0 aromatic carbocycles. The third-order valence-corrected chi connectivity index (χ3v) is 5.42. The number of hydrogen-bond donors (Lipinski definition) is 2. The second-order valence-electron chi connectivity index (χ2n) is 6.29. The molecule has 0 fully saturated rings. The number of nitrogens with zero attached hydrogens (tertiary/aromatic N) is 3. The fourth-order valence-corrected chi connectivity index (χ4v) is 4.26. The van der Waals surface area contributed by atoms with Crippen LogP contribution in [0.25, 0.3) is 0 Å². The maximum atomic E-state index is 14.5. The molecule has 9 heteroatoms. The predicted octanol–water partition coefficient (Wildman–Crippen LogP) is 2.42. The summed E-state index contributed by atoms with van der Waals surface area (Å²) in [6.45, 7) is 1.90. The number of amidine groups is 1. The molecule has 0 radical (unpaired) electrons. The first-order chi connectivity index (χ1) is 11.8. The summed E-state index contributed by atoms with van der Waals surface area (Å²) in [4.78, 5) is 16.9. The van der Waals surface area contributed by atoms with Gasteiger partial charge in [-0.15, -0.1) is 0 Å². The van der Waals surface area contributed by atoms with Crippen LogP contribution in [0.5, 0.6) is 0 Å². The molecule has 2 unspecified atom stereocenters. The summed E-state index contributed by atoms with van der Waals surface area (Å²) in [6.07, 6.45) is 4.25. The first-order valence-electron chi connectivity index (χ1n) is 7.81. The number of thioether (sulfide) groups is 1. The third-order valence-electron chi connectivity index (χ3n) is 4.44. The molecule has 0 spiro atoms. The van der Waals surface area contributed by atoms with E-state index in [2.05, 4.69) is 15.4 Å². The first kappa shape index (κ1) is 18.0. The lowest BCUT2D eigenvalue weighted by Gasteiger charge is -2.37. The van der Waals surface area contributed by atoms with E-state index < -0.39 is 17.6 Å². The normalized spacial score (nSPS) is 29.1. The van der Waals surface area contributed by atoms with Crippen molar-refractivity contribution in [2.45, 2.75) is 25.1 Å². The maximum Gasteiger partial charge on any atom is 0.273 e. The molecule has 3 atom stereocenters. The minimum atomic E-state index is -1.18. The summed E-state index contributed by atoms with van der Waals surface area (Å²) in [5.41, 5.74) is 6.04. The molecular weight excluding hydrogens is 365 g/mol. The Balaban J connectivity index is 1.82. The monoisotopic (exact) mass is 383 g/mol. The number of alkyl halides is 1. The molecule has 0 bridgehead atoms. The van der Waals surface area contributed by atoms with E-state index in [-0.39, 0.29) is 11.1 Å². The van der Waals surface area contributed by atoms with Crippen molar-refractivity contribution in [1.29, 1.82) is 0 Å². The molecule has 6 nitrogen and oxygen atoms in total. The van der Waals surface area contributed by atoms with Crippen molar-refractivity contribution < 1.29 is 9.18 Å². The van der Waals surface area contributed by atoms with E-state index in [4.69, 9.17) is 17.3 Å². The number of amides is 1. The van der Waals surface area contributed by atoms with Crippen LogP contribution in [0.1, 0.15) is 23.8 Å². The summed E-state index contributed by atoms with van der Waals surface area (Å²) in [5.74, 6) is -0.0643. The quantitative estimate of drug-likeness (QED) is 0.839. The lowest BCUT2D eigenvalue weighted by molar-refractivity contribution is 0.0956. The highest BCUT2D eigenvalue weighted by Gasteiger charge is 2.40. The van der Waals surface area contributed by atoms with E-state index in [1.54, 1.807) is 19.2 Å². The number of rotatable bonds is 3. The largest absolute Gasteiger partial charge is 0.379 e. The molecule has 1 aromatic heterocycles. The van der Waals surface area contributed by atoms with E-state index in [1.807, 2.05) is 6.92 Å². The fourth-order valence-electron chi connectivity index (χ4n) is 3.05. The zero-order valence-electron chi connectivity index (χ0n) is 13.9. The van der Waals surface area contributed by atoms with Crippen molar-refractivity contribution in [3.63, 3.8) is 0 Å². The average Bonchev–Trinajstić information content (AvgIpc) is 2.87. The molecule has 2 aliphatic rings. The number of allylic oxidation sites excluding steroid dienone is 2. The van der Waals surface area contributed by atoms with Crippen LogP contribution < -0.4 is 11.1 Å². The van der Waals surface area contributed by atoms with Gasteiger partial charge in [0.1, 0.15) is 11.9 Å². The van der Waals surface area contributed by atoms with Crippen molar-refractivity contribution in [1.82, 2.24) is 15.1 Å². The van der Waals surface area contributed by atoms with Gasteiger partial charge in [0, 0.05) is 30.5 Å². The van der Waals surface area contributed by atoms with Crippen LogP contribution in [-0.2, 0) is 7.05 Å². The summed E-state index contributed by atoms with van der Waals surface area (Å²) in [7, 11) is 1.63. The number of nitrogens with two attached hydrogens (primary N) is 1. The van der Waals surface area contributed by atoms with Crippen LogP contribution in [-0.4, -0.2) is 38.3 Å². The number of aryl methyl sites for hydroxylation is 1. The highest BCUT2D eigenvalue weighted by Crippen LogP contribution is 2.38. The molecule has 3 rings (SSSR count). The minimum absolute atomic E-state index is 0.236. The standard InChI is InChI=1S/C16H19ClFN5OS/c1-16(5-6-25-15(19)21-16)10-7-9(3-4-11(10)18)20-14(24)12-8-13(17)22-23(12)2/h3-4,7-8,10-11H,5-6H2,1-2H3,(H2,19,21)(H,20,24)/t10?,11?,16-/m0/s1. The summed E-state index contributed by atoms with van der Waals surface area (Å²) < 4.78 is 15.9. The Bertz CT molecular complexity index is 789. The lowest BCUT2D eigenvalue weighted by Crippen LogP contribution is -2.43. The maximum absolute atomic E-state index is 14.5. The molecule has 0 saturated heterocycles. The molecule has 0 saturated carbocycles. The smallest absolute Gasteiger partial charge is 0.273 e. The van der Waals surface area contributed by atoms with Gasteiger partial charge in [0.25, 0.3) is 5.91 Å². The molecule has 1 amide bonds. The highest BCUT2D eigenvalue weighted by molar-refractivity contribution is 8.13. The molecule has 3 N–H and O–H groups in total. The van der Waals surface area contributed by atoms with E-state index >= 15 is 0 Å². The Morgan fingerprint density at radius 1 is 1.60 bits per heavy atom. The number of carbonyl (C=O) groups is 1. The molecule has 134 valence electrons. The Labute approximate surface area is 154 Å². The van der Waals surface area contributed by atoms with Crippen LogP contribution in [0.15, 0.2) is 35.0 Å². The molecule has 25 heavy (non-hydrogen) atoms. The number of aliphatic imine (C=N–C) groups is 1. The van der Waals surface area contributed by atoms with Crippen LogP contribution in [0.4, 0.5) is 4.39 Å². The predicted molar refractivity (Wildman–Crippen MR) is 98.4 cm³/mol. The zero-order chi connectivity index (χ0) is 18.2. The average molecular weight is 384 g/mol. The van der Waals surface area contributed by atoms with Gasteiger partial charge >= 0.3 is 0 Å². The Kier molecular flexibility index (Phi) is 4.92. The van der Waals surface area contributed by atoms with Crippen molar-refractivity contribution in [2.24, 2.45) is 23.7 Å². The van der Waals surface area contributed by atoms with Crippen LogP contribution in [0.2, 0.25) is 5.15 Å². The van der Waals surface area contributed by atoms with Gasteiger partial charge in [-0.2, -0.15) is 5.10 Å². The highest BCUT2D eigenvalue weighted by atomic mass is 35.5. The van der Waals surface area contributed by atoms with Crippen LogP contribution >= 0.6 is 23.4 Å². The SMILES string of the molecule is Cn1nc(Cl)cc1C(=O)NC1=CC([C@]2(C)CCSC(N)=N2)C(F)C=C1. The van der Waals surface area contributed by atoms with Gasteiger partial charge in [-0.25, -0.2) is 4.39 Å². The van der Waals surface area contributed by atoms with Gasteiger partial charge in [-0.3, -0.25) is 14.5 Å². The van der Waals surface area contributed by atoms with E-state index in [0.29, 0.717) is 23.0 Å². The van der Waals surface area contributed by atoms with Crippen molar-refractivity contribution in [3.05, 3.63) is 40.8 Å². The fraction of sp³-hybridized carbons (Fsp3) is 0.438. The van der Waals surface area contributed by atoms with Gasteiger partial charge in [-0.1, -0.05) is 29.4 Å². The second kappa shape index (κ2) is 6.84. The van der Waals surface area contributed by atoms with Crippen LogP contribution in [0, 0.1) is 5.92 Å². The van der Waals surface area contributed by atoms with Crippen LogP contribution in [0.3, 0.4) is 0 Å². The van der Waals surface area contributed by atoms with Crippen molar-refractivity contribution in [2.75, 3.05) is 5.75 Å². The Hall–Kier alpha value is -1.80. The van der Waals surface area contributed by atoms with E-state index in [1.165, 1.54) is 28.6 Å². The second-order valence-corrected chi connectivity index (χ2v) is 7.79. The zero-order valence-corrected chi connectivity index (χ0v) is 15.4. The van der Waals surface area contributed by atoms with Crippen molar-refractivity contribution in [3.8, 4) is 0 Å². The number of nitrogens with one attached hydrogen (secondary N) is 1. The lowest BCUT2D eigenvalue weighted by atomic mass is 9.78. The molecule has 2 heterocycles. The third kappa shape index (κ3) is 3.74. The van der Waals surface area contributed by atoms with Gasteiger partial charge in [-0.05, 0) is 25.5 Å². The van der Waals surface area contributed by atoms with Gasteiger partial charge in [0.05, 0.1) is 5.54 Å².